The zero-order chi connectivity index (χ0) is 11.7. The van der Waals surface area contributed by atoms with Gasteiger partial charge in [-0.1, -0.05) is 26.5 Å². The maximum Gasteiger partial charge on any atom is 0.167 e. The van der Waals surface area contributed by atoms with E-state index in [1.54, 1.807) is 13.0 Å². The van der Waals surface area contributed by atoms with Crippen LogP contribution in [-0.2, 0) is 4.79 Å². The smallest absolute Gasteiger partial charge is 0.167 e. The summed E-state index contributed by atoms with van der Waals surface area (Å²) in [5.41, 5.74) is -0.0920. The van der Waals surface area contributed by atoms with E-state index in [1.807, 2.05) is 13.8 Å². The molecule has 0 aliphatic heterocycles. The second kappa shape index (κ2) is 8.10. The van der Waals surface area contributed by atoms with Crippen LogP contribution < -0.4 is 0 Å². The maximum atomic E-state index is 10.7. The number of carbonyl (C=O) groups excluding carboxylic acids is 1. The number of rotatable bonds is 3. The molecule has 0 heterocycles. The van der Waals surface area contributed by atoms with E-state index in [0.29, 0.717) is 0 Å². The fraction of sp³-hybridized carbons (Fsp3) is 0.364. The summed E-state index contributed by atoms with van der Waals surface area (Å²) in [6.07, 6.45) is 2.82. The van der Waals surface area contributed by atoms with Crippen molar-refractivity contribution in [2.45, 2.75) is 27.7 Å². The summed E-state index contributed by atoms with van der Waals surface area (Å²) in [5, 5.41) is 18.2. The monoisotopic (exact) mass is 198 g/mol. The van der Waals surface area contributed by atoms with Crippen LogP contribution in [0.3, 0.4) is 0 Å². The Morgan fingerprint density at radius 2 is 1.71 bits per heavy atom. The molecule has 0 radical (unpaired) electrons. The molecular formula is C11H18O3. The Hall–Kier alpha value is -1.51. The van der Waals surface area contributed by atoms with Gasteiger partial charge in [-0.15, -0.1) is 0 Å². The second-order valence-electron chi connectivity index (χ2n) is 2.27. The van der Waals surface area contributed by atoms with Crippen molar-refractivity contribution in [3.8, 4) is 0 Å². The molecule has 80 valence electrons. The van der Waals surface area contributed by atoms with E-state index < -0.39 is 5.76 Å². The minimum atomic E-state index is -0.472. The van der Waals surface area contributed by atoms with Gasteiger partial charge >= 0.3 is 0 Å². The van der Waals surface area contributed by atoms with E-state index in [1.165, 1.54) is 13.0 Å². The first-order valence-corrected chi connectivity index (χ1v) is 4.45. The Kier molecular flexibility index (Phi) is 8.68. The van der Waals surface area contributed by atoms with Crippen LogP contribution in [0, 0.1) is 0 Å². The first kappa shape index (κ1) is 15.0. The zero-order valence-electron chi connectivity index (χ0n) is 9.16. The van der Waals surface area contributed by atoms with E-state index in [0.717, 1.165) is 0 Å². The van der Waals surface area contributed by atoms with Crippen molar-refractivity contribution in [2.24, 2.45) is 0 Å². The number of aliphatic hydroxyl groups excluding tert-OH is 2. The Morgan fingerprint density at radius 1 is 1.29 bits per heavy atom. The highest BCUT2D eigenvalue weighted by Crippen LogP contribution is 2.09. The van der Waals surface area contributed by atoms with Crippen molar-refractivity contribution in [2.75, 3.05) is 0 Å². The van der Waals surface area contributed by atoms with E-state index in [2.05, 4.69) is 6.58 Å². The molecular weight excluding hydrogens is 180 g/mol. The lowest BCUT2D eigenvalue weighted by molar-refractivity contribution is -0.113. The molecule has 0 aromatic carbocycles. The second-order valence-corrected chi connectivity index (χ2v) is 2.27. The van der Waals surface area contributed by atoms with Gasteiger partial charge in [0, 0.05) is 0 Å². The number of hydrogen-bond donors (Lipinski definition) is 2. The molecule has 0 aliphatic rings. The molecule has 0 unspecified atom stereocenters. The molecule has 0 saturated heterocycles. The van der Waals surface area contributed by atoms with Gasteiger partial charge in [-0.05, 0) is 19.9 Å². The third-order valence-electron chi connectivity index (χ3n) is 1.28. The summed E-state index contributed by atoms with van der Waals surface area (Å²) in [7, 11) is 0. The van der Waals surface area contributed by atoms with Crippen LogP contribution in [-0.4, -0.2) is 16.0 Å². The number of carbonyl (C=O) groups is 1. The Bertz CT molecular complexity index is 260. The van der Waals surface area contributed by atoms with Crippen LogP contribution in [0.4, 0.5) is 0 Å². The van der Waals surface area contributed by atoms with Gasteiger partial charge in [0.2, 0.25) is 0 Å². The summed E-state index contributed by atoms with van der Waals surface area (Å²) in [4.78, 5) is 10.7. The molecule has 3 nitrogen and oxygen atoms in total. The molecule has 0 fully saturated rings. The minimum absolute atomic E-state index is 0.0920. The summed E-state index contributed by atoms with van der Waals surface area (Å²) in [6.45, 7) is 10.3. The average molecular weight is 198 g/mol. The first-order chi connectivity index (χ1) is 6.50. The standard InChI is InChI=1S/C9H12O3.C2H6/c1-4-5-8(11)9(12)6(2)7(3)10;1-2/h4-5,11-12H,2H2,1,3H3;1-2H3/b5-4-,9-8-;. The van der Waals surface area contributed by atoms with E-state index >= 15 is 0 Å². The summed E-state index contributed by atoms with van der Waals surface area (Å²) >= 11 is 0. The van der Waals surface area contributed by atoms with Crippen molar-refractivity contribution in [3.05, 3.63) is 35.8 Å². The van der Waals surface area contributed by atoms with Gasteiger partial charge < -0.3 is 10.2 Å². The van der Waals surface area contributed by atoms with E-state index in [4.69, 9.17) is 10.2 Å². The van der Waals surface area contributed by atoms with Gasteiger partial charge in [-0.25, -0.2) is 0 Å². The SMILES string of the molecule is C=C(C(C)=O)/C(O)=C(O)\C=C/C.CC. The number of aliphatic hydroxyl groups is 2. The molecule has 0 aliphatic carbocycles. The molecule has 0 saturated carbocycles. The lowest BCUT2D eigenvalue weighted by Crippen LogP contribution is -2.00. The summed E-state index contributed by atoms with van der Waals surface area (Å²) < 4.78 is 0. The molecule has 3 heteroatoms. The van der Waals surface area contributed by atoms with Crippen LogP contribution in [0.2, 0.25) is 0 Å². The molecule has 14 heavy (non-hydrogen) atoms. The minimum Gasteiger partial charge on any atom is -0.504 e. The Labute approximate surface area is 85.1 Å². The van der Waals surface area contributed by atoms with Crippen molar-refractivity contribution >= 4 is 5.78 Å². The highest BCUT2D eigenvalue weighted by atomic mass is 16.3. The van der Waals surface area contributed by atoms with Gasteiger partial charge in [0.05, 0.1) is 5.57 Å². The molecule has 0 aromatic heterocycles. The van der Waals surface area contributed by atoms with E-state index in [-0.39, 0.29) is 17.1 Å². The highest BCUT2D eigenvalue weighted by Gasteiger charge is 2.09. The van der Waals surface area contributed by atoms with Crippen LogP contribution in [0.15, 0.2) is 35.8 Å². The van der Waals surface area contributed by atoms with Crippen molar-refractivity contribution in [3.63, 3.8) is 0 Å². The van der Waals surface area contributed by atoms with Gasteiger partial charge in [0.1, 0.15) is 0 Å². The predicted octanol–water partition coefficient (Wildman–Crippen LogP) is 3.06. The van der Waals surface area contributed by atoms with Crippen LogP contribution in [0.1, 0.15) is 27.7 Å². The first-order valence-electron chi connectivity index (χ1n) is 4.45. The Balaban J connectivity index is 0. The molecule has 0 rings (SSSR count). The number of Topliss-reactive ketones (excluding diaryl/α,β-unsaturated/α-hetero) is 1. The molecule has 0 bridgehead atoms. The topological polar surface area (TPSA) is 57.5 Å². The largest absolute Gasteiger partial charge is 0.504 e. The predicted molar refractivity (Wildman–Crippen MR) is 58.3 cm³/mol. The summed E-state index contributed by atoms with van der Waals surface area (Å²) in [6, 6.07) is 0. The number of ketones is 1. The lowest BCUT2D eigenvalue weighted by atomic mass is 10.1. The van der Waals surface area contributed by atoms with Gasteiger partial charge in [-0.3, -0.25) is 4.79 Å². The van der Waals surface area contributed by atoms with Crippen LogP contribution in [0.25, 0.3) is 0 Å². The fourth-order valence-corrected chi connectivity index (χ4v) is 0.558. The maximum absolute atomic E-state index is 10.7. The average Bonchev–Trinajstić information content (AvgIpc) is 2.19. The normalized spacial score (nSPS) is 11.4. The van der Waals surface area contributed by atoms with E-state index in [9.17, 15) is 4.79 Å². The fourth-order valence-electron chi connectivity index (χ4n) is 0.558. The number of allylic oxidation sites excluding steroid dienone is 3. The van der Waals surface area contributed by atoms with Gasteiger partial charge in [0.25, 0.3) is 0 Å². The molecule has 0 spiro atoms. The third kappa shape index (κ3) is 5.19. The molecule has 0 amide bonds. The molecule has 0 atom stereocenters. The van der Waals surface area contributed by atoms with Crippen molar-refractivity contribution < 1.29 is 15.0 Å². The molecule has 0 aromatic rings. The van der Waals surface area contributed by atoms with Crippen LogP contribution in [0.5, 0.6) is 0 Å². The highest BCUT2D eigenvalue weighted by molar-refractivity contribution is 5.96. The number of hydrogen-bond acceptors (Lipinski definition) is 3. The van der Waals surface area contributed by atoms with Crippen LogP contribution >= 0.6 is 0 Å². The van der Waals surface area contributed by atoms with Crippen molar-refractivity contribution in [1.82, 2.24) is 0 Å². The Morgan fingerprint density at radius 3 is 2.00 bits per heavy atom. The van der Waals surface area contributed by atoms with Crippen molar-refractivity contribution in [1.29, 1.82) is 0 Å². The van der Waals surface area contributed by atoms with Gasteiger partial charge in [-0.2, -0.15) is 0 Å². The summed E-state index contributed by atoms with van der Waals surface area (Å²) in [5.74, 6) is -1.19. The zero-order valence-corrected chi connectivity index (χ0v) is 9.16. The van der Waals surface area contributed by atoms with Gasteiger partial charge in [0.15, 0.2) is 17.3 Å². The third-order valence-corrected chi connectivity index (χ3v) is 1.28. The lowest BCUT2D eigenvalue weighted by Gasteiger charge is -2.00. The quantitative estimate of drug-likeness (QED) is 0.416. The molecule has 2 N–H and O–H groups in total.